The lowest BCUT2D eigenvalue weighted by Gasteiger charge is -2.35. The summed E-state index contributed by atoms with van der Waals surface area (Å²) in [6, 6.07) is 5.59. The maximum absolute atomic E-state index is 13.2. The van der Waals surface area contributed by atoms with Gasteiger partial charge in [0.25, 0.3) is 0 Å². The zero-order valence-electron chi connectivity index (χ0n) is 11.8. The van der Waals surface area contributed by atoms with Crippen LogP contribution in [0.5, 0.6) is 0 Å². The molecule has 114 valence electrons. The highest BCUT2D eigenvalue weighted by Crippen LogP contribution is 2.39. The predicted molar refractivity (Wildman–Crippen MR) is 90.4 cm³/mol. The summed E-state index contributed by atoms with van der Waals surface area (Å²) in [5.41, 5.74) is 7.28. The molecule has 0 amide bonds. The highest BCUT2D eigenvalue weighted by Gasteiger charge is 2.31. The fourth-order valence-corrected chi connectivity index (χ4v) is 4.09. The first-order valence-electron chi connectivity index (χ1n) is 7.24. The van der Waals surface area contributed by atoms with Crippen molar-refractivity contribution in [2.45, 2.75) is 24.8 Å². The predicted octanol–water partition coefficient (Wildman–Crippen LogP) is 3.20. The molecule has 0 unspecified atom stereocenters. The molecule has 1 heterocycles. The van der Waals surface area contributed by atoms with Crippen molar-refractivity contribution in [2.75, 3.05) is 24.6 Å². The van der Waals surface area contributed by atoms with Gasteiger partial charge in [0.2, 0.25) is 0 Å². The van der Waals surface area contributed by atoms with E-state index in [0.29, 0.717) is 22.4 Å². The minimum absolute atomic E-state index is 0.208. The largest absolute Gasteiger partial charge is 0.370 e. The van der Waals surface area contributed by atoms with E-state index >= 15 is 0 Å². The van der Waals surface area contributed by atoms with E-state index in [-0.39, 0.29) is 5.82 Å². The summed E-state index contributed by atoms with van der Waals surface area (Å²) in [6.07, 6.45) is 2.00. The van der Waals surface area contributed by atoms with Gasteiger partial charge in [-0.15, -0.1) is 0 Å². The van der Waals surface area contributed by atoms with Gasteiger partial charge in [-0.1, -0.05) is 6.07 Å². The summed E-state index contributed by atoms with van der Waals surface area (Å²) < 4.78 is 13.8. The Hall–Kier alpha value is -0.750. The quantitative estimate of drug-likeness (QED) is 0.640. The van der Waals surface area contributed by atoms with Gasteiger partial charge in [-0.3, -0.25) is 0 Å². The smallest absolute Gasteiger partial charge is 0.191 e. The number of rotatable bonds is 2. The van der Waals surface area contributed by atoms with Crippen molar-refractivity contribution in [3.8, 4) is 0 Å². The second kappa shape index (κ2) is 6.57. The van der Waals surface area contributed by atoms with Crippen LogP contribution in [0.25, 0.3) is 0 Å². The molecule has 2 fully saturated rings. The van der Waals surface area contributed by atoms with E-state index in [9.17, 15) is 4.39 Å². The van der Waals surface area contributed by atoms with Crippen LogP contribution < -0.4 is 5.73 Å². The number of nitrogens with zero attached hydrogens (tertiary/aromatic N) is 2. The lowest BCUT2D eigenvalue weighted by molar-refractivity contribution is 0.345. The van der Waals surface area contributed by atoms with E-state index in [4.69, 9.17) is 5.73 Å². The van der Waals surface area contributed by atoms with E-state index in [0.717, 1.165) is 37.4 Å². The molecule has 2 aliphatic rings. The molecule has 3 nitrogen and oxygen atoms in total. The van der Waals surface area contributed by atoms with Gasteiger partial charge in [0.05, 0.1) is 10.5 Å². The van der Waals surface area contributed by atoms with Crippen LogP contribution in [0.1, 0.15) is 24.3 Å². The van der Waals surface area contributed by atoms with Crippen molar-refractivity contribution < 1.29 is 4.39 Å². The molecule has 3 rings (SSSR count). The fraction of sp³-hybridized carbons (Fsp3) is 0.533. The lowest BCUT2D eigenvalue weighted by atomic mass is 9.76. The Morgan fingerprint density at radius 1 is 1.33 bits per heavy atom. The van der Waals surface area contributed by atoms with Crippen LogP contribution in [0.4, 0.5) is 4.39 Å². The molecule has 1 saturated carbocycles. The third-order valence-corrected chi connectivity index (χ3v) is 5.73. The molecule has 6 heteroatoms. The molecule has 0 aromatic heterocycles. The highest BCUT2D eigenvalue weighted by molar-refractivity contribution is 9.10. The number of guanidine groups is 1. The van der Waals surface area contributed by atoms with Crippen molar-refractivity contribution in [3.63, 3.8) is 0 Å². The summed E-state index contributed by atoms with van der Waals surface area (Å²) in [7, 11) is 0. The van der Waals surface area contributed by atoms with Crippen molar-refractivity contribution >= 4 is 33.7 Å². The molecule has 2 N–H and O–H groups in total. The normalized spacial score (nSPS) is 26.6. The number of nitrogens with two attached hydrogens (primary N) is 1. The van der Waals surface area contributed by atoms with Crippen LogP contribution in [0.3, 0.4) is 0 Å². The Morgan fingerprint density at radius 3 is 2.71 bits per heavy atom. The second-order valence-electron chi connectivity index (χ2n) is 5.58. The number of thioether (sulfide) groups is 1. The van der Waals surface area contributed by atoms with E-state index in [1.165, 1.54) is 11.6 Å². The van der Waals surface area contributed by atoms with Crippen LogP contribution >= 0.6 is 27.7 Å². The van der Waals surface area contributed by atoms with E-state index < -0.39 is 0 Å². The van der Waals surface area contributed by atoms with Gasteiger partial charge in [-0.05, 0) is 52.4 Å². The molecule has 1 aliphatic heterocycles. The Bertz CT molecular complexity index is 540. The Balaban J connectivity index is 1.56. The SMILES string of the molecule is NC(=NC1CC(c2ccc(F)c(Br)c2)C1)N1CCSCC1. The number of aliphatic imine (C=N–C) groups is 1. The molecule has 1 aromatic rings. The summed E-state index contributed by atoms with van der Waals surface area (Å²) in [4.78, 5) is 6.83. The molecular weight excluding hydrogens is 353 g/mol. The van der Waals surface area contributed by atoms with Crippen molar-refractivity contribution in [1.29, 1.82) is 0 Å². The first-order chi connectivity index (χ1) is 10.1. The molecule has 0 radical (unpaired) electrons. The van der Waals surface area contributed by atoms with E-state index in [1.54, 1.807) is 0 Å². The van der Waals surface area contributed by atoms with Crippen LogP contribution in [-0.2, 0) is 0 Å². The molecular formula is C15H19BrFN3S. The zero-order chi connectivity index (χ0) is 14.8. The number of hydrogen-bond donors (Lipinski definition) is 1. The van der Waals surface area contributed by atoms with Gasteiger partial charge in [0.1, 0.15) is 5.82 Å². The molecule has 1 aromatic carbocycles. The third-order valence-electron chi connectivity index (χ3n) is 4.18. The second-order valence-corrected chi connectivity index (χ2v) is 7.66. The maximum atomic E-state index is 13.2. The first kappa shape index (κ1) is 15.2. The topological polar surface area (TPSA) is 41.6 Å². The fourth-order valence-electron chi connectivity index (χ4n) is 2.79. The number of hydrogen-bond acceptors (Lipinski definition) is 2. The van der Waals surface area contributed by atoms with Crippen LogP contribution in [0.2, 0.25) is 0 Å². The summed E-state index contributed by atoms with van der Waals surface area (Å²) in [5, 5.41) is 0. The summed E-state index contributed by atoms with van der Waals surface area (Å²) in [6.45, 7) is 2.00. The van der Waals surface area contributed by atoms with Gasteiger partial charge in [0, 0.05) is 24.6 Å². The van der Waals surface area contributed by atoms with Gasteiger partial charge >= 0.3 is 0 Å². The summed E-state index contributed by atoms with van der Waals surface area (Å²) >= 11 is 5.21. The van der Waals surface area contributed by atoms with E-state index in [2.05, 4.69) is 25.8 Å². The highest BCUT2D eigenvalue weighted by atomic mass is 79.9. The third kappa shape index (κ3) is 3.54. The molecule has 1 saturated heterocycles. The monoisotopic (exact) mass is 371 g/mol. The van der Waals surface area contributed by atoms with E-state index in [1.807, 2.05) is 23.9 Å². The lowest BCUT2D eigenvalue weighted by Crippen LogP contribution is -2.44. The maximum Gasteiger partial charge on any atom is 0.191 e. The Kier molecular flexibility index (Phi) is 4.74. The zero-order valence-corrected chi connectivity index (χ0v) is 14.2. The van der Waals surface area contributed by atoms with Crippen molar-refractivity contribution in [3.05, 3.63) is 34.1 Å². The minimum atomic E-state index is -0.208. The molecule has 0 bridgehead atoms. The average Bonchev–Trinajstić information content (AvgIpc) is 2.46. The van der Waals surface area contributed by atoms with Gasteiger partial charge in [-0.2, -0.15) is 11.8 Å². The van der Waals surface area contributed by atoms with Crippen molar-refractivity contribution in [2.24, 2.45) is 10.7 Å². The van der Waals surface area contributed by atoms with Gasteiger partial charge < -0.3 is 10.6 Å². The first-order valence-corrected chi connectivity index (χ1v) is 9.19. The van der Waals surface area contributed by atoms with Gasteiger partial charge in [-0.25, -0.2) is 9.38 Å². The van der Waals surface area contributed by atoms with Crippen LogP contribution in [0.15, 0.2) is 27.7 Å². The standard InChI is InChI=1S/C15H19BrFN3S/c16-13-9-10(1-2-14(13)17)11-7-12(8-11)19-15(18)20-3-5-21-6-4-20/h1-2,9,11-12H,3-8H2,(H2,18,19). The Morgan fingerprint density at radius 2 is 2.05 bits per heavy atom. The molecule has 1 aliphatic carbocycles. The summed E-state index contributed by atoms with van der Waals surface area (Å²) in [5.74, 6) is 3.22. The van der Waals surface area contributed by atoms with Crippen molar-refractivity contribution in [1.82, 2.24) is 4.90 Å². The number of halogens is 2. The Labute approximate surface area is 137 Å². The molecule has 0 spiro atoms. The number of benzene rings is 1. The van der Waals surface area contributed by atoms with Crippen LogP contribution in [0, 0.1) is 5.82 Å². The average molecular weight is 372 g/mol. The molecule has 0 atom stereocenters. The van der Waals surface area contributed by atoms with Gasteiger partial charge in [0.15, 0.2) is 5.96 Å². The minimum Gasteiger partial charge on any atom is -0.370 e. The molecule has 21 heavy (non-hydrogen) atoms. The van der Waals surface area contributed by atoms with Crippen LogP contribution in [-0.4, -0.2) is 41.5 Å².